The van der Waals surface area contributed by atoms with Gasteiger partial charge in [-0.25, -0.2) is 8.42 Å². The molecule has 2 aliphatic rings. The molecule has 0 spiro atoms. The van der Waals surface area contributed by atoms with Gasteiger partial charge in [0.2, 0.25) is 5.91 Å². The first kappa shape index (κ1) is 19.2. The van der Waals surface area contributed by atoms with Gasteiger partial charge in [-0.15, -0.1) is 12.4 Å². The maximum Gasteiger partial charge on any atom is 0.241 e. The van der Waals surface area contributed by atoms with Gasteiger partial charge in [-0.2, -0.15) is 0 Å². The second-order valence-electron chi connectivity index (χ2n) is 6.77. The minimum atomic E-state index is -3.44. The fraction of sp³-hybridized carbons (Fsp3) is 0.588. The number of nitrogens with one attached hydrogen (secondary N) is 2. The summed E-state index contributed by atoms with van der Waals surface area (Å²) >= 11 is 0. The Labute approximate surface area is 149 Å². The van der Waals surface area contributed by atoms with Crippen LogP contribution < -0.4 is 10.6 Å². The van der Waals surface area contributed by atoms with Crippen molar-refractivity contribution < 1.29 is 13.2 Å². The molecular weight excluding hydrogens is 348 g/mol. The summed E-state index contributed by atoms with van der Waals surface area (Å²) in [5.74, 6) is 0.0344. The van der Waals surface area contributed by atoms with Crippen molar-refractivity contribution in [3.63, 3.8) is 0 Å². The summed E-state index contributed by atoms with van der Waals surface area (Å²) in [6.07, 6.45) is 3.78. The lowest BCUT2D eigenvalue weighted by atomic mass is 9.95. The van der Waals surface area contributed by atoms with Gasteiger partial charge >= 0.3 is 0 Å². The highest BCUT2D eigenvalue weighted by atomic mass is 35.5. The highest BCUT2D eigenvalue weighted by Gasteiger charge is 2.48. The Morgan fingerprint density at radius 3 is 2.25 bits per heavy atom. The van der Waals surface area contributed by atoms with Crippen LogP contribution in [-0.2, 0) is 27.5 Å². The predicted octanol–water partition coefficient (Wildman–Crippen LogP) is 1.11. The lowest BCUT2D eigenvalue weighted by Gasteiger charge is -2.34. The molecule has 1 aromatic carbocycles. The normalized spacial score (nSPS) is 20.0. The third kappa shape index (κ3) is 3.60. The molecule has 1 aliphatic carbocycles. The standard InChI is InChI=1S/C17H24N2O3S.ClH/c1-23(21,22)17(6-8-18-9-7-17)16(20)19-12-13-10-14-4-2-3-5-15(14)11-13;/h2-5,13,18H,6-12H2,1H3,(H,19,20);1H. The summed E-state index contributed by atoms with van der Waals surface area (Å²) in [6.45, 7) is 1.67. The van der Waals surface area contributed by atoms with Crippen molar-refractivity contribution in [2.24, 2.45) is 5.92 Å². The Morgan fingerprint density at radius 2 is 1.75 bits per heavy atom. The number of rotatable bonds is 4. The molecule has 5 nitrogen and oxygen atoms in total. The summed E-state index contributed by atoms with van der Waals surface area (Å²) < 4.78 is 23.2. The molecule has 24 heavy (non-hydrogen) atoms. The molecule has 0 atom stereocenters. The van der Waals surface area contributed by atoms with Crippen LogP contribution in [0.5, 0.6) is 0 Å². The van der Waals surface area contributed by atoms with Crippen LogP contribution in [0.2, 0.25) is 0 Å². The van der Waals surface area contributed by atoms with Gasteiger partial charge in [0.05, 0.1) is 0 Å². The summed E-state index contributed by atoms with van der Waals surface area (Å²) in [4.78, 5) is 12.7. The van der Waals surface area contributed by atoms with E-state index >= 15 is 0 Å². The lowest BCUT2D eigenvalue weighted by Crippen LogP contribution is -2.57. The zero-order chi connectivity index (χ0) is 16.5. The van der Waals surface area contributed by atoms with Gasteiger partial charge in [-0.3, -0.25) is 4.79 Å². The Bertz CT molecular complexity index is 675. The molecule has 1 aliphatic heterocycles. The Morgan fingerprint density at radius 1 is 1.21 bits per heavy atom. The first-order valence-corrected chi connectivity index (χ1v) is 10.1. The number of sulfone groups is 1. The number of carbonyl (C=O) groups is 1. The van der Waals surface area contributed by atoms with Crippen molar-refractivity contribution in [1.29, 1.82) is 0 Å². The molecule has 3 rings (SSSR count). The molecule has 7 heteroatoms. The van der Waals surface area contributed by atoms with Crippen LogP contribution in [0.15, 0.2) is 24.3 Å². The Hall–Kier alpha value is -1.11. The number of fused-ring (bicyclic) bond motifs is 1. The van der Waals surface area contributed by atoms with Crippen LogP contribution >= 0.6 is 12.4 Å². The van der Waals surface area contributed by atoms with E-state index in [1.165, 1.54) is 17.4 Å². The van der Waals surface area contributed by atoms with Crippen LogP contribution in [0, 0.1) is 5.92 Å². The summed E-state index contributed by atoms with van der Waals surface area (Å²) in [7, 11) is -3.44. The Kier molecular flexibility index (Phi) is 5.94. The van der Waals surface area contributed by atoms with Gasteiger partial charge in [0.25, 0.3) is 0 Å². The summed E-state index contributed by atoms with van der Waals surface area (Å²) in [6, 6.07) is 8.32. The zero-order valence-electron chi connectivity index (χ0n) is 13.9. The fourth-order valence-corrected chi connectivity index (χ4v) is 5.14. The minimum absolute atomic E-state index is 0. The van der Waals surface area contributed by atoms with E-state index in [1.54, 1.807) is 0 Å². The SMILES string of the molecule is CS(=O)(=O)C1(C(=O)NCC2Cc3ccccc3C2)CCNCC1.Cl. The van der Waals surface area contributed by atoms with Gasteiger partial charge < -0.3 is 10.6 Å². The van der Waals surface area contributed by atoms with Crippen LogP contribution in [-0.4, -0.2) is 45.0 Å². The van der Waals surface area contributed by atoms with Crippen LogP contribution in [0.1, 0.15) is 24.0 Å². The molecule has 0 saturated carbocycles. The molecular formula is C17H25ClN2O3S. The maximum absolute atomic E-state index is 12.7. The van der Waals surface area contributed by atoms with Gasteiger partial charge in [0.1, 0.15) is 0 Å². The van der Waals surface area contributed by atoms with E-state index in [2.05, 4.69) is 22.8 Å². The van der Waals surface area contributed by atoms with Crippen molar-refractivity contribution in [3.8, 4) is 0 Å². The summed E-state index contributed by atoms with van der Waals surface area (Å²) in [5, 5.41) is 6.06. The van der Waals surface area contributed by atoms with E-state index in [4.69, 9.17) is 0 Å². The molecule has 134 valence electrons. The average Bonchev–Trinajstić information content (AvgIpc) is 2.95. The molecule has 0 aromatic heterocycles. The van der Waals surface area contributed by atoms with E-state index in [0.29, 0.717) is 38.4 Å². The van der Waals surface area contributed by atoms with Crippen molar-refractivity contribution in [3.05, 3.63) is 35.4 Å². The van der Waals surface area contributed by atoms with Crippen LogP contribution in [0.4, 0.5) is 0 Å². The lowest BCUT2D eigenvalue weighted by molar-refractivity contribution is -0.124. The number of halogens is 1. The molecule has 0 radical (unpaired) electrons. The maximum atomic E-state index is 12.7. The van der Waals surface area contributed by atoms with Gasteiger partial charge in [-0.1, -0.05) is 24.3 Å². The minimum Gasteiger partial charge on any atom is -0.354 e. The number of piperidine rings is 1. The van der Waals surface area contributed by atoms with Gasteiger partial charge in [0.15, 0.2) is 14.6 Å². The number of hydrogen-bond donors (Lipinski definition) is 2. The van der Waals surface area contributed by atoms with Crippen LogP contribution in [0.3, 0.4) is 0 Å². The number of benzene rings is 1. The molecule has 1 amide bonds. The third-order valence-electron chi connectivity index (χ3n) is 5.22. The van der Waals surface area contributed by atoms with E-state index in [1.807, 2.05) is 12.1 Å². The van der Waals surface area contributed by atoms with Crippen molar-refractivity contribution in [2.75, 3.05) is 25.9 Å². The highest BCUT2D eigenvalue weighted by Crippen LogP contribution is 2.29. The first-order valence-electron chi connectivity index (χ1n) is 8.18. The topological polar surface area (TPSA) is 75.3 Å². The van der Waals surface area contributed by atoms with E-state index < -0.39 is 14.6 Å². The Balaban J connectivity index is 0.00000208. The van der Waals surface area contributed by atoms with Crippen molar-refractivity contribution in [1.82, 2.24) is 10.6 Å². The monoisotopic (exact) mass is 372 g/mol. The van der Waals surface area contributed by atoms with Crippen molar-refractivity contribution >= 4 is 28.2 Å². The highest BCUT2D eigenvalue weighted by molar-refractivity contribution is 7.92. The largest absolute Gasteiger partial charge is 0.354 e. The smallest absolute Gasteiger partial charge is 0.241 e. The molecule has 1 saturated heterocycles. The van der Waals surface area contributed by atoms with Gasteiger partial charge in [-0.05, 0) is 55.8 Å². The van der Waals surface area contributed by atoms with E-state index in [-0.39, 0.29) is 18.3 Å². The summed E-state index contributed by atoms with van der Waals surface area (Å²) in [5.41, 5.74) is 2.68. The molecule has 1 heterocycles. The molecule has 1 aromatic rings. The van der Waals surface area contributed by atoms with Gasteiger partial charge in [0, 0.05) is 12.8 Å². The number of hydrogen-bond acceptors (Lipinski definition) is 4. The van der Waals surface area contributed by atoms with E-state index in [9.17, 15) is 13.2 Å². The average molecular weight is 373 g/mol. The second kappa shape index (κ2) is 7.42. The fourth-order valence-electron chi connectivity index (χ4n) is 3.79. The molecule has 0 bridgehead atoms. The van der Waals surface area contributed by atoms with E-state index in [0.717, 1.165) is 12.8 Å². The molecule has 2 N–H and O–H groups in total. The quantitative estimate of drug-likeness (QED) is 0.830. The molecule has 0 unspecified atom stereocenters. The third-order valence-corrected chi connectivity index (χ3v) is 7.23. The van der Waals surface area contributed by atoms with Crippen LogP contribution in [0.25, 0.3) is 0 Å². The predicted molar refractivity (Wildman–Crippen MR) is 97.3 cm³/mol. The second-order valence-corrected chi connectivity index (χ2v) is 9.10. The number of amides is 1. The number of carbonyl (C=O) groups excluding carboxylic acids is 1. The first-order chi connectivity index (χ1) is 10.9. The van der Waals surface area contributed by atoms with Crippen molar-refractivity contribution in [2.45, 2.75) is 30.4 Å². The molecule has 1 fully saturated rings. The zero-order valence-corrected chi connectivity index (χ0v) is 15.5.